The van der Waals surface area contributed by atoms with Crippen molar-refractivity contribution in [2.45, 2.75) is 38.5 Å². The molecule has 2 N–H and O–H groups in total. The van der Waals surface area contributed by atoms with E-state index in [1.165, 1.54) is 0 Å². The number of rotatable bonds is 9. The molecule has 6 heteroatoms. The SMILES string of the molecule is CCN(CC(=O)O)C1CC(NC(=O)COCc2ccccc2)C1. The van der Waals surface area contributed by atoms with Crippen LogP contribution in [0.3, 0.4) is 0 Å². The third kappa shape index (κ3) is 5.65. The van der Waals surface area contributed by atoms with Crippen LogP contribution < -0.4 is 5.32 Å². The van der Waals surface area contributed by atoms with Crippen LogP contribution in [-0.2, 0) is 20.9 Å². The molecular weight excluding hydrogens is 296 g/mol. The molecule has 0 radical (unpaired) electrons. The standard InChI is InChI=1S/C17H24N2O4/c1-2-19(10-17(21)22)15-8-14(9-15)18-16(20)12-23-11-13-6-4-3-5-7-13/h3-7,14-15H,2,8-12H2,1H3,(H,18,20)(H,21,22). The Morgan fingerprint density at radius 1 is 1.30 bits per heavy atom. The predicted molar refractivity (Wildman–Crippen MR) is 85.9 cm³/mol. The number of carbonyl (C=O) groups is 2. The molecule has 6 nitrogen and oxygen atoms in total. The first-order chi connectivity index (χ1) is 11.1. The van der Waals surface area contributed by atoms with Crippen molar-refractivity contribution in [3.8, 4) is 0 Å². The lowest BCUT2D eigenvalue weighted by molar-refractivity contribution is -0.140. The van der Waals surface area contributed by atoms with Crippen molar-refractivity contribution in [1.29, 1.82) is 0 Å². The summed E-state index contributed by atoms with van der Waals surface area (Å²) in [6.45, 7) is 3.18. The van der Waals surface area contributed by atoms with Crippen LogP contribution in [-0.4, -0.2) is 53.7 Å². The first kappa shape index (κ1) is 17.4. The molecule has 0 aliphatic heterocycles. The number of nitrogens with zero attached hydrogens (tertiary/aromatic N) is 1. The molecule has 1 aromatic carbocycles. The Bertz CT molecular complexity index is 515. The van der Waals surface area contributed by atoms with E-state index in [-0.39, 0.29) is 31.1 Å². The lowest BCUT2D eigenvalue weighted by Crippen LogP contribution is -2.55. The van der Waals surface area contributed by atoms with E-state index in [0.717, 1.165) is 18.4 Å². The van der Waals surface area contributed by atoms with Gasteiger partial charge < -0.3 is 15.2 Å². The topological polar surface area (TPSA) is 78.9 Å². The van der Waals surface area contributed by atoms with E-state index in [0.29, 0.717) is 13.2 Å². The highest BCUT2D eigenvalue weighted by Crippen LogP contribution is 2.25. The summed E-state index contributed by atoms with van der Waals surface area (Å²) in [5.74, 6) is -0.931. The van der Waals surface area contributed by atoms with Crippen LogP contribution in [0.15, 0.2) is 30.3 Å². The number of likely N-dealkylation sites (N-methyl/N-ethyl adjacent to an activating group) is 1. The molecule has 23 heavy (non-hydrogen) atoms. The molecule has 0 heterocycles. The van der Waals surface area contributed by atoms with Crippen molar-refractivity contribution in [3.05, 3.63) is 35.9 Å². The molecular formula is C17H24N2O4. The monoisotopic (exact) mass is 320 g/mol. The zero-order chi connectivity index (χ0) is 16.7. The first-order valence-electron chi connectivity index (χ1n) is 7.95. The van der Waals surface area contributed by atoms with E-state index >= 15 is 0 Å². The van der Waals surface area contributed by atoms with Gasteiger partial charge in [0.05, 0.1) is 13.2 Å². The Labute approximate surface area is 136 Å². The van der Waals surface area contributed by atoms with Crippen molar-refractivity contribution in [1.82, 2.24) is 10.2 Å². The molecule has 2 rings (SSSR count). The Morgan fingerprint density at radius 2 is 2.00 bits per heavy atom. The lowest BCUT2D eigenvalue weighted by atomic mass is 9.85. The summed E-state index contributed by atoms with van der Waals surface area (Å²) >= 11 is 0. The van der Waals surface area contributed by atoms with Gasteiger partial charge in [0, 0.05) is 12.1 Å². The molecule has 0 atom stereocenters. The van der Waals surface area contributed by atoms with Crippen LogP contribution in [0.25, 0.3) is 0 Å². The largest absolute Gasteiger partial charge is 0.480 e. The van der Waals surface area contributed by atoms with E-state index in [1.54, 1.807) is 0 Å². The zero-order valence-corrected chi connectivity index (χ0v) is 13.4. The molecule has 0 bridgehead atoms. The lowest BCUT2D eigenvalue weighted by Gasteiger charge is -2.42. The fourth-order valence-electron chi connectivity index (χ4n) is 2.78. The number of carbonyl (C=O) groups excluding carboxylic acids is 1. The van der Waals surface area contributed by atoms with Crippen LogP contribution in [0.5, 0.6) is 0 Å². The average Bonchev–Trinajstić information content (AvgIpc) is 2.49. The van der Waals surface area contributed by atoms with Crippen molar-refractivity contribution >= 4 is 11.9 Å². The maximum absolute atomic E-state index is 11.8. The number of nitrogens with one attached hydrogen (secondary N) is 1. The average molecular weight is 320 g/mol. The predicted octanol–water partition coefficient (Wildman–Crippen LogP) is 1.26. The minimum absolute atomic E-state index is 0.0443. The van der Waals surface area contributed by atoms with Crippen molar-refractivity contribution in [2.24, 2.45) is 0 Å². The molecule has 126 valence electrons. The molecule has 0 unspecified atom stereocenters. The summed E-state index contributed by atoms with van der Waals surface area (Å²) < 4.78 is 5.40. The van der Waals surface area contributed by atoms with Gasteiger partial charge in [-0.25, -0.2) is 0 Å². The van der Waals surface area contributed by atoms with Gasteiger partial charge in [0.2, 0.25) is 5.91 Å². The summed E-state index contributed by atoms with van der Waals surface area (Å²) in [5.41, 5.74) is 1.04. The highest BCUT2D eigenvalue weighted by atomic mass is 16.5. The van der Waals surface area contributed by atoms with Crippen LogP contribution >= 0.6 is 0 Å². The van der Waals surface area contributed by atoms with Crippen molar-refractivity contribution in [2.75, 3.05) is 19.7 Å². The van der Waals surface area contributed by atoms with E-state index < -0.39 is 5.97 Å². The van der Waals surface area contributed by atoms with Crippen LogP contribution in [0.1, 0.15) is 25.3 Å². The third-order valence-electron chi connectivity index (χ3n) is 4.08. The maximum atomic E-state index is 11.8. The summed E-state index contributed by atoms with van der Waals surface area (Å²) in [6.07, 6.45) is 1.59. The number of carboxylic acid groups (broad SMARTS) is 1. The van der Waals surface area contributed by atoms with Gasteiger partial charge in [0.15, 0.2) is 0 Å². The summed E-state index contributed by atoms with van der Waals surface area (Å²) in [7, 11) is 0. The first-order valence-corrected chi connectivity index (χ1v) is 7.95. The highest BCUT2D eigenvalue weighted by molar-refractivity contribution is 5.77. The quantitative estimate of drug-likeness (QED) is 0.716. The molecule has 1 aliphatic rings. The van der Waals surface area contributed by atoms with Gasteiger partial charge in [0.1, 0.15) is 6.61 Å². The molecule has 0 saturated heterocycles. The minimum atomic E-state index is -0.811. The van der Waals surface area contributed by atoms with Crippen LogP contribution in [0.2, 0.25) is 0 Å². The van der Waals surface area contributed by atoms with E-state index in [2.05, 4.69) is 5.32 Å². The summed E-state index contributed by atoms with van der Waals surface area (Å²) in [4.78, 5) is 24.5. The Kier molecular flexibility index (Phi) is 6.55. The molecule has 1 amide bonds. The van der Waals surface area contributed by atoms with E-state index in [9.17, 15) is 9.59 Å². The fourth-order valence-corrected chi connectivity index (χ4v) is 2.78. The molecule has 1 aromatic rings. The van der Waals surface area contributed by atoms with Gasteiger partial charge >= 0.3 is 5.97 Å². The van der Waals surface area contributed by atoms with E-state index in [1.807, 2.05) is 42.2 Å². The van der Waals surface area contributed by atoms with Gasteiger partial charge in [-0.1, -0.05) is 37.3 Å². The number of hydrogen-bond acceptors (Lipinski definition) is 4. The summed E-state index contributed by atoms with van der Waals surface area (Å²) in [6, 6.07) is 10.1. The number of carboxylic acids is 1. The zero-order valence-electron chi connectivity index (χ0n) is 13.4. The molecule has 1 aliphatic carbocycles. The van der Waals surface area contributed by atoms with Gasteiger partial charge in [-0.2, -0.15) is 0 Å². The molecule has 1 saturated carbocycles. The number of ether oxygens (including phenoxy) is 1. The smallest absolute Gasteiger partial charge is 0.317 e. The number of amides is 1. The van der Waals surface area contributed by atoms with E-state index in [4.69, 9.17) is 9.84 Å². The maximum Gasteiger partial charge on any atom is 0.317 e. The second-order valence-corrected chi connectivity index (χ2v) is 5.82. The van der Waals surface area contributed by atoms with Crippen molar-refractivity contribution < 1.29 is 19.4 Å². The number of hydrogen-bond donors (Lipinski definition) is 2. The molecule has 1 fully saturated rings. The molecule has 0 aromatic heterocycles. The summed E-state index contributed by atoms with van der Waals surface area (Å²) in [5, 5.41) is 11.8. The van der Waals surface area contributed by atoms with Crippen LogP contribution in [0.4, 0.5) is 0 Å². The minimum Gasteiger partial charge on any atom is -0.480 e. The van der Waals surface area contributed by atoms with Gasteiger partial charge in [-0.05, 0) is 24.9 Å². The number of benzene rings is 1. The fraction of sp³-hybridized carbons (Fsp3) is 0.529. The Balaban J connectivity index is 1.61. The number of aliphatic carboxylic acids is 1. The highest BCUT2D eigenvalue weighted by Gasteiger charge is 2.34. The van der Waals surface area contributed by atoms with Gasteiger partial charge in [0.25, 0.3) is 0 Å². The molecule has 0 spiro atoms. The Hall–Kier alpha value is -1.92. The third-order valence-corrected chi connectivity index (χ3v) is 4.08. The second-order valence-electron chi connectivity index (χ2n) is 5.82. The van der Waals surface area contributed by atoms with Crippen molar-refractivity contribution in [3.63, 3.8) is 0 Å². The normalized spacial score (nSPS) is 20.1. The van der Waals surface area contributed by atoms with Crippen LogP contribution in [0, 0.1) is 0 Å². The van der Waals surface area contributed by atoms with Gasteiger partial charge in [-0.15, -0.1) is 0 Å². The Morgan fingerprint density at radius 3 is 2.61 bits per heavy atom. The van der Waals surface area contributed by atoms with Gasteiger partial charge in [-0.3, -0.25) is 14.5 Å². The second kappa shape index (κ2) is 8.64.